The Bertz CT molecular complexity index is 435. The molecule has 0 unspecified atom stereocenters. The van der Waals surface area contributed by atoms with Crippen LogP contribution >= 0.6 is 0 Å². The Kier molecular flexibility index (Phi) is 4.18. The average Bonchev–Trinajstić information content (AvgIpc) is 2.78. The molecule has 0 spiro atoms. The van der Waals surface area contributed by atoms with Gasteiger partial charge in [0.05, 0.1) is 6.20 Å². The molecular weight excluding hydrogens is 228 g/mol. The van der Waals surface area contributed by atoms with Crippen molar-refractivity contribution in [2.75, 3.05) is 5.32 Å². The Morgan fingerprint density at radius 2 is 2.44 bits per heavy atom. The zero-order valence-corrected chi connectivity index (χ0v) is 11.0. The van der Waals surface area contributed by atoms with E-state index < -0.39 is 0 Å². The van der Waals surface area contributed by atoms with Crippen LogP contribution in [0.2, 0.25) is 0 Å². The van der Waals surface area contributed by atoms with Gasteiger partial charge in [-0.25, -0.2) is 0 Å². The number of carbonyl (C=O) groups excluding carboxylic acids is 1. The first-order valence-electron chi connectivity index (χ1n) is 6.58. The summed E-state index contributed by atoms with van der Waals surface area (Å²) in [5, 5.41) is 6.63. The zero-order chi connectivity index (χ0) is 13.0. The highest BCUT2D eigenvalue weighted by molar-refractivity contribution is 5.91. The molecule has 0 aliphatic heterocycles. The molecule has 1 aromatic rings. The predicted octanol–water partition coefficient (Wildman–Crippen LogP) is 3.48. The average molecular weight is 248 g/mol. The third kappa shape index (κ3) is 3.22. The molecule has 0 bridgehead atoms. The minimum Gasteiger partial charge on any atom is -0.359 e. The number of anilines is 1. The summed E-state index contributed by atoms with van der Waals surface area (Å²) in [5.41, 5.74) is 0.704. The van der Waals surface area contributed by atoms with E-state index in [1.54, 1.807) is 6.20 Å². The molecule has 0 fully saturated rings. The van der Waals surface area contributed by atoms with Gasteiger partial charge in [0.15, 0.2) is 5.76 Å². The van der Waals surface area contributed by atoms with Gasteiger partial charge in [0, 0.05) is 12.3 Å². The predicted molar refractivity (Wildman–Crippen MR) is 70.3 cm³/mol. The molecule has 1 amide bonds. The monoisotopic (exact) mass is 248 g/mol. The lowest BCUT2D eigenvalue weighted by Crippen LogP contribution is -2.17. The Labute approximate surface area is 107 Å². The van der Waals surface area contributed by atoms with Gasteiger partial charge < -0.3 is 9.84 Å². The number of hydrogen-bond acceptors (Lipinski definition) is 3. The lowest BCUT2D eigenvalue weighted by atomic mass is 9.93. The summed E-state index contributed by atoms with van der Waals surface area (Å²) in [7, 11) is 0. The molecule has 0 radical (unpaired) electrons. The standard InChI is InChI=1S/C14H20N2O2/c1-10(2)14-12(9-15-18-14)16-13(17)8-11-6-4-3-5-7-11/h4,6,9-11H,3,5,7-8H2,1-2H3,(H,16,17)/t11-/m1/s1. The lowest BCUT2D eigenvalue weighted by molar-refractivity contribution is -0.116. The van der Waals surface area contributed by atoms with E-state index in [0.717, 1.165) is 18.6 Å². The van der Waals surface area contributed by atoms with Gasteiger partial charge >= 0.3 is 0 Å². The molecule has 98 valence electrons. The molecule has 4 nitrogen and oxygen atoms in total. The molecule has 1 aliphatic rings. The maximum atomic E-state index is 11.9. The number of hydrogen-bond donors (Lipinski definition) is 1. The second-order valence-corrected chi connectivity index (χ2v) is 5.13. The fourth-order valence-corrected chi connectivity index (χ4v) is 2.25. The number of carbonyl (C=O) groups is 1. The summed E-state index contributed by atoms with van der Waals surface area (Å²) in [6, 6.07) is 0. The molecule has 1 aromatic heterocycles. The summed E-state index contributed by atoms with van der Waals surface area (Å²) in [6.07, 6.45) is 9.86. The Hall–Kier alpha value is -1.58. The van der Waals surface area contributed by atoms with E-state index in [0.29, 0.717) is 18.0 Å². The number of aromatic nitrogens is 1. The van der Waals surface area contributed by atoms with Crippen molar-refractivity contribution in [2.45, 2.75) is 45.4 Å². The first-order valence-corrected chi connectivity index (χ1v) is 6.58. The molecule has 0 saturated carbocycles. The van der Waals surface area contributed by atoms with Crippen LogP contribution in [0.15, 0.2) is 22.9 Å². The van der Waals surface area contributed by atoms with Gasteiger partial charge in [0.25, 0.3) is 0 Å². The van der Waals surface area contributed by atoms with E-state index in [2.05, 4.69) is 22.6 Å². The molecular formula is C14H20N2O2. The van der Waals surface area contributed by atoms with Crippen molar-refractivity contribution in [3.8, 4) is 0 Å². The van der Waals surface area contributed by atoms with Crippen molar-refractivity contribution in [3.63, 3.8) is 0 Å². The quantitative estimate of drug-likeness (QED) is 0.830. The molecule has 1 atom stereocenters. The topological polar surface area (TPSA) is 55.1 Å². The van der Waals surface area contributed by atoms with Crippen LogP contribution in [0.1, 0.15) is 51.2 Å². The van der Waals surface area contributed by atoms with Crippen molar-refractivity contribution in [1.29, 1.82) is 0 Å². The molecule has 4 heteroatoms. The van der Waals surface area contributed by atoms with E-state index in [1.165, 1.54) is 6.42 Å². The van der Waals surface area contributed by atoms with Crippen LogP contribution < -0.4 is 5.32 Å². The highest BCUT2D eigenvalue weighted by Crippen LogP contribution is 2.25. The fraction of sp³-hybridized carbons (Fsp3) is 0.571. The highest BCUT2D eigenvalue weighted by atomic mass is 16.5. The Morgan fingerprint density at radius 3 is 3.11 bits per heavy atom. The van der Waals surface area contributed by atoms with E-state index in [4.69, 9.17) is 4.52 Å². The van der Waals surface area contributed by atoms with Gasteiger partial charge in [0.2, 0.25) is 5.91 Å². The van der Waals surface area contributed by atoms with Crippen LogP contribution in [0, 0.1) is 5.92 Å². The summed E-state index contributed by atoms with van der Waals surface area (Å²) in [4.78, 5) is 11.9. The number of nitrogens with zero attached hydrogens (tertiary/aromatic N) is 1. The summed E-state index contributed by atoms with van der Waals surface area (Å²) in [5.74, 6) is 1.37. The van der Waals surface area contributed by atoms with Gasteiger partial charge in [0.1, 0.15) is 5.69 Å². The van der Waals surface area contributed by atoms with Crippen molar-refractivity contribution in [1.82, 2.24) is 5.16 Å². The number of allylic oxidation sites excluding steroid dienone is 2. The van der Waals surface area contributed by atoms with Crippen molar-refractivity contribution >= 4 is 11.6 Å². The Morgan fingerprint density at radius 1 is 1.61 bits per heavy atom. The van der Waals surface area contributed by atoms with Crippen LogP contribution in [0.4, 0.5) is 5.69 Å². The SMILES string of the molecule is CC(C)c1oncc1NC(=O)C[C@@H]1C=CCCC1. The minimum absolute atomic E-state index is 0.0386. The van der Waals surface area contributed by atoms with Gasteiger partial charge in [-0.15, -0.1) is 0 Å². The molecule has 18 heavy (non-hydrogen) atoms. The van der Waals surface area contributed by atoms with Crippen molar-refractivity contribution < 1.29 is 9.32 Å². The van der Waals surface area contributed by atoms with Crippen LogP contribution in [0.25, 0.3) is 0 Å². The number of nitrogens with one attached hydrogen (secondary N) is 1. The largest absolute Gasteiger partial charge is 0.359 e. The third-order valence-corrected chi connectivity index (χ3v) is 3.20. The van der Waals surface area contributed by atoms with Crippen LogP contribution in [-0.2, 0) is 4.79 Å². The van der Waals surface area contributed by atoms with Crippen LogP contribution in [0.3, 0.4) is 0 Å². The van der Waals surface area contributed by atoms with Crippen LogP contribution in [0.5, 0.6) is 0 Å². The maximum absolute atomic E-state index is 11.9. The van der Waals surface area contributed by atoms with Crippen molar-refractivity contribution in [3.05, 3.63) is 24.1 Å². The van der Waals surface area contributed by atoms with E-state index in [-0.39, 0.29) is 11.8 Å². The maximum Gasteiger partial charge on any atom is 0.225 e. The van der Waals surface area contributed by atoms with Gasteiger partial charge in [-0.1, -0.05) is 31.2 Å². The summed E-state index contributed by atoms with van der Waals surface area (Å²) >= 11 is 0. The zero-order valence-electron chi connectivity index (χ0n) is 11.0. The highest BCUT2D eigenvalue weighted by Gasteiger charge is 2.17. The van der Waals surface area contributed by atoms with E-state index in [1.807, 2.05) is 13.8 Å². The first-order chi connectivity index (χ1) is 8.66. The van der Waals surface area contributed by atoms with Gasteiger partial charge in [-0.05, 0) is 25.2 Å². The van der Waals surface area contributed by atoms with Gasteiger partial charge in [-0.2, -0.15) is 0 Å². The second-order valence-electron chi connectivity index (χ2n) is 5.13. The lowest BCUT2D eigenvalue weighted by Gasteiger charge is -2.15. The first kappa shape index (κ1) is 12.9. The molecule has 1 N–H and O–H groups in total. The Balaban J connectivity index is 1.92. The number of rotatable bonds is 4. The van der Waals surface area contributed by atoms with E-state index in [9.17, 15) is 4.79 Å². The number of amides is 1. The third-order valence-electron chi connectivity index (χ3n) is 3.20. The normalized spacial score (nSPS) is 19.2. The minimum atomic E-state index is 0.0386. The van der Waals surface area contributed by atoms with Crippen molar-refractivity contribution in [2.24, 2.45) is 5.92 Å². The van der Waals surface area contributed by atoms with Gasteiger partial charge in [-0.3, -0.25) is 4.79 Å². The summed E-state index contributed by atoms with van der Waals surface area (Å²) in [6.45, 7) is 4.03. The second kappa shape index (κ2) is 5.85. The summed E-state index contributed by atoms with van der Waals surface area (Å²) < 4.78 is 5.14. The molecule has 0 saturated heterocycles. The molecule has 0 aromatic carbocycles. The fourth-order valence-electron chi connectivity index (χ4n) is 2.25. The molecule has 2 rings (SSSR count). The van der Waals surface area contributed by atoms with E-state index >= 15 is 0 Å². The molecule has 1 aliphatic carbocycles. The molecule has 1 heterocycles. The smallest absolute Gasteiger partial charge is 0.225 e. The van der Waals surface area contributed by atoms with Crippen LogP contribution in [-0.4, -0.2) is 11.1 Å².